The van der Waals surface area contributed by atoms with Crippen LogP contribution >= 0.6 is 34.2 Å². The Balaban J connectivity index is 2.33. The second-order valence-electron chi connectivity index (χ2n) is 3.81. The highest BCUT2D eigenvalue weighted by Gasteiger charge is 2.17. The molecule has 0 saturated carbocycles. The third-order valence-electron chi connectivity index (χ3n) is 2.47. The Morgan fingerprint density at radius 3 is 2.45 bits per heavy atom. The fourth-order valence-corrected chi connectivity index (χ4v) is 2.32. The molecule has 0 aliphatic heterocycles. The first-order valence-electron chi connectivity index (χ1n) is 5.48. The van der Waals surface area contributed by atoms with Gasteiger partial charge in [-0.3, -0.25) is 0 Å². The lowest BCUT2D eigenvalue weighted by Gasteiger charge is -2.08. The molecular weight excluding hydrogens is 395 g/mol. The highest BCUT2D eigenvalue weighted by Crippen LogP contribution is 2.24. The first-order valence-corrected chi connectivity index (χ1v) is 6.94. The first-order chi connectivity index (χ1) is 9.49. The molecule has 0 aromatic heterocycles. The minimum atomic E-state index is -1.21. The smallest absolute Gasteiger partial charge is 0.344 e. The van der Waals surface area contributed by atoms with Crippen molar-refractivity contribution in [3.8, 4) is 5.75 Å². The molecule has 102 valence electrons. The van der Waals surface area contributed by atoms with Crippen LogP contribution in [0.2, 0.25) is 5.02 Å². The number of carboxylic acids is 1. The van der Waals surface area contributed by atoms with Crippen LogP contribution in [0.5, 0.6) is 5.75 Å². The maximum absolute atomic E-state index is 12.0. The fourth-order valence-electron chi connectivity index (χ4n) is 1.54. The van der Waals surface area contributed by atoms with Crippen LogP contribution in [-0.4, -0.2) is 17.0 Å². The molecule has 20 heavy (non-hydrogen) atoms. The van der Waals surface area contributed by atoms with Gasteiger partial charge in [0.15, 0.2) is 0 Å². The minimum absolute atomic E-state index is 0.0356. The van der Waals surface area contributed by atoms with Crippen molar-refractivity contribution in [1.29, 1.82) is 0 Å². The summed E-state index contributed by atoms with van der Waals surface area (Å²) in [5, 5.41) is 9.34. The summed E-state index contributed by atoms with van der Waals surface area (Å²) in [6.45, 7) is 0. The molecule has 0 saturated heterocycles. The van der Waals surface area contributed by atoms with Crippen molar-refractivity contribution < 1.29 is 19.4 Å². The molecule has 6 heteroatoms. The van der Waals surface area contributed by atoms with Crippen molar-refractivity contribution in [3.05, 3.63) is 62.2 Å². The standard InChI is InChI=1S/C14H8ClIO4/c15-8-5-6-12(10(7-8)13(17)18)20-14(19)9-3-1-2-4-11(9)16/h1-7H,(H,17,18). The number of esters is 1. The number of halogens is 2. The summed E-state index contributed by atoms with van der Waals surface area (Å²) in [6.07, 6.45) is 0. The van der Waals surface area contributed by atoms with Crippen LogP contribution in [0.1, 0.15) is 20.7 Å². The highest BCUT2D eigenvalue weighted by atomic mass is 127. The molecule has 2 aromatic carbocycles. The van der Waals surface area contributed by atoms with Gasteiger partial charge in [-0.25, -0.2) is 9.59 Å². The van der Waals surface area contributed by atoms with E-state index in [-0.39, 0.29) is 16.3 Å². The summed E-state index contributed by atoms with van der Waals surface area (Å²) in [5.74, 6) is -1.86. The van der Waals surface area contributed by atoms with Crippen LogP contribution in [-0.2, 0) is 0 Å². The molecule has 0 aliphatic carbocycles. The van der Waals surface area contributed by atoms with Gasteiger partial charge in [-0.05, 0) is 52.9 Å². The Kier molecular flexibility index (Phi) is 4.61. The van der Waals surface area contributed by atoms with Crippen molar-refractivity contribution in [1.82, 2.24) is 0 Å². The van der Waals surface area contributed by atoms with Gasteiger partial charge in [-0.1, -0.05) is 23.7 Å². The van der Waals surface area contributed by atoms with E-state index < -0.39 is 11.9 Å². The van der Waals surface area contributed by atoms with Crippen LogP contribution in [0.4, 0.5) is 0 Å². The number of carbonyl (C=O) groups excluding carboxylic acids is 1. The number of benzene rings is 2. The molecule has 0 spiro atoms. The van der Waals surface area contributed by atoms with Crippen molar-refractivity contribution in [2.45, 2.75) is 0 Å². The highest BCUT2D eigenvalue weighted by molar-refractivity contribution is 14.1. The SMILES string of the molecule is O=C(Oc1ccc(Cl)cc1C(=O)O)c1ccccc1I. The van der Waals surface area contributed by atoms with Gasteiger partial charge in [-0.2, -0.15) is 0 Å². The van der Waals surface area contributed by atoms with Gasteiger partial charge in [0.25, 0.3) is 0 Å². The number of rotatable bonds is 3. The molecule has 4 nitrogen and oxygen atoms in total. The third-order valence-corrected chi connectivity index (χ3v) is 3.64. The normalized spacial score (nSPS) is 10.1. The molecule has 0 atom stereocenters. The Labute approximate surface area is 133 Å². The van der Waals surface area contributed by atoms with Gasteiger partial charge < -0.3 is 9.84 Å². The topological polar surface area (TPSA) is 63.6 Å². The average molecular weight is 403 g/mol. The first kappa shape index (κ1) is 14.8. The largest absolute Gasteiger partial charge is 0.478 e. The van der Waals surface area contributed by atoms with Gasteiger partial charge in [0, 0.05) is 8.59 Å². The second kappa shape index (κ2) is 6.23. The van der Waals surface area contributed by atoms with Crippen molar-refractivity contribution in [3.63, 3.8) is 0 Å². The van der Waals surface area contributed by atoms with E-state index in [1.54, 1.807) is 24.3 Å². The lowest BCUT2D eigenvalue weighted by Crippen LogP contribution is -2.12. The summed E-state index contributed by atoms with van der Waals surface area (Å²) in [6, 6.07) is 10.9. The van der Waals surface area contributed by atoms with E-state index in [9.17, 15) is 9.59 Å². The van der Waals surface area contributed by atoms with Gasteiger partial charge >= 0.3 is 11.9 Å². The second-order valence-corrected chi connectivity index (χ2v) is 5.41. The van der Waals surface area contributed by atoms with E-state index in [0.717, 1.165) is 3.57 Å². The molecule has 0 fully saturated rings. The zero-order valence-electron chi connectivity index (χ0n) is 9.97. The van der Waals surface area contributed by atoms with E-state index in [4.69, 9.17) is 21.4 Å². The average Bonchev–Trinajstić information content (AvgIpc) is 2.41. The zero-order chi connectivity index (χ0) is 14.7. The van der Waals surface area contributed by atoms with Gasteiger partial charge in [0.1, 0.15) is 11.3 Å². The molecule has 0 bridgehead atoms. The van der Waals surface area contributed by atoms with Gasteiger partial charge in [0.05, 0.1) is 5.56 Å². The number of hydrogen-bond donors (Lipinski definition) is 1. The Morgan fingerprint density at radius 1 is 1.10 bits per heavy atom. The lowest BCUT2D eigenvalue weighted by molar-refractivity contribution is 0.0681. The maximum atomic E-state index is 12.0. The predicted molar refractivity (Wildman–Crippen MR) is 82.5 cm³/mol. The molecule has 0 radical (unpaired) electrons. The maximum Gasteiger partial charge on any atom is 0.344 e. The summed E-state index contributed by atoms with van der Waals surface area (Å²) in [5.41, 5.74) is 0.219. The van der Waals surface area contributed by atoms with Crippen molar-refractivity contribution >= 4 is 46.1 Å². The molecule has 2 rings (SSSR count). The molecule has 1 N–H and O–H groups in total. The molecule has 2 aromatic rings. The van der Waals surface area contributed by atoms with E-state index in [0.29, 0.717) is 5.56 Å². The van der Waals surface area contributed by atoms with Crippen molar-refractivity contribution in [2.24, 2.45) is 0 Å². The van der Waals surface area contributed by atoms with Crippen LogP contribution < -0.4 is 4.74 Å². The van der Waals surface area contributed by atoms with E-state index in [1.165, 1.54) is 18.2 Å². The van der Waals surface area contributed by atoms with Crippen LogP contribution in [0.3, 0.4) is 0 Å². The van der Waals surface area contributed by atoms with Crippen LogP contribution in [0.25, 0.3) is 0 Å². The van der Waals surface area contributed by atoms with E-state index >= 15 is 0 Å². The quantitative estimate of drug-likeness (QED) is 0.481. The number of carbonyl (C=O) groups is 2. The summed E-state index contributed by atoms with van der Waals surface area (Å²) in [4.78, 5) is 23.1. The third kappa shape index (κ3) is 3.29. The van der Waals surface area contributed by atoms with E-state index in [1.807, 2.05) is 22.6 Å². The molecule has 0 heterocycles. The summed E-state index contributed by atoms with van der Waals surface area (Å²) >= 11 is 7.74. The Bertz CT molecular complexity index is 685. The zero-order valence-corrected chi connectivity index (χ0v) is 12.9. The monoisotopic (exact) mass is 402 g/mol. The fraction of sp³-hybridized carbons (Fsp3) is 0. The van der Waals surface area contributed by atoms with Crippen LogP contribution in [0.15, 0.2) is 42.5 Å². The summed E-state index contributed by atoms with van der Waals surface area (Å²) in [7, 11) is 0. The number of carboxylic acid groups (broad SMARTS) is 1. The van der Waals surface area contributed by atoms with E-state index in [2.05, 4.69) is 0 Å². The number of aromatic carboxylic acids is 1. The Morgan fingerprint density at radius 2 is 1.80 bits per heavy atom. The van der Waals surface area contributed by atoms with Gasteiger partial charge in [0.2, 0.25) is 0 Å². The lowest BCUT2D eigenvalue weighted by atomic mass is 10.2. The molecule has 0 unspecified atom stereocenters. The summed E-state index contributed by atoms with van der Waals surface area (Å²) < 4.78 is 5.87. The van der Waals surface area contributed by atoms with Crippen LogP contribution in [0, 0.1) is 3.57 Å². The molecule has 0 amide bonds. The Hall–Kier alpha value is -1.60. The number of ether oxygens (including phenoxy) is 1. The predicted octanol–water partition coefficient (Wildman–Crippen LogP) is 3.86. The molecular formula is C14H8ClIO4. The minimum Gasteiger partial charge on any atom is -0.478 e. The molecule has 0 aliphatic rings. The van der Waals surface area contributed by atoms with Crippen molar-refractivity contribution in [2.75, 3.05) is 0 Å². The van der Waals surface area contributed by atoms with Gasteiger partial charge in [-0.15, -0.1) is 0 Å². The number of hydrogen-bond acceptors (Lipinski definition) is 3.